The Labute approximate surface area is 613 Å². The zero-order valence-electron chi connectivity index (χ0n) is 63.0. The predicted molar refractivity (Wildman–Crippen MR) is 417 cm³/mol. The molecule has 0 spiro atoms. The summed E-state index contributed by atoms with van der Waals surface area (Å²) < 4.78 is 61.1. The Balaban J connectivity index is 4.58. The molecule has 4 N–H and O–H groups in total. The number of carbonyl (C=O) groups excluding carboxylic acids is 3. The van der Waals surface area contributed by atoms with Crippen LogP contribution in [0, 0.1) is 0 Å². The lowest BCUT2D eigenvalue weighted by Crippen LogP contribution is -2.30. The standard InChI is InChI=1S/C83H140O16P2/c1-4-7-10-13-16-19-22-25-28-30-32-34-35-36-37-38-39-40-41-43-45-46-49-51-54-57-60-63-66-69-81(86)93-72-78(84)73-95-100(89,90)96-74-79(85)75-97-101(91,92)98-77-80(99-83(88)71-68-65-62-59-56-53-48-27-24-21-18-15-12-9-6-3)76-94-82(87)70-67-64-61-58-55-52-50-47-44-42-33-31-29-26-23-20-17-14-11-8-5-2/h7,10,16-21,25-29,32-34,36-37,39-40,42,47-48,50,78-80,84-85H,4-6,8-9,11-15,22-24,30-31,35,38,41,43-46,49,51-77H2,1-3H3,(H,89,90)(H,91,92)/b10-7-,19-16-,20-17-,21-18-,28-25-,29-26-,34-32-,37-36-,40-39-,42-33-,48-27-,50-47-. The number of ether oxygens (including phenoxy) is 3. The highest BCUT2D eigenvalue weighted by molar-refractivity contribution is 7.47. The van der Waals surface area contributed by atoms with Gasteiger partial charge in [-0.15, -0.1) is 0 Å². The Morgan fingerprint density at radius 3 is 0.832 bits per heavy atom. The highest BCUT2D eigenvalue weighted by atomic mass is 31.2. The maximum atomic E-state index is 13.0. The molecule has 5 atom stereocenters. The van der Waals surface area contributed by atoms with Crippen LogP contribution in [0.1, 0.15) is 303 Å². The number of carbonyl (C=O) groups is 3. The van der Waals surface area contributed by atoms with Gasteiger partial charge >= 0.3 is 33.6 Å². The number of hydrogen-bond acceptors (Lipinski definition) is 14. The van der Waals surface area contributed by atoms with E-state index in [0.717, 1.165) is 167 Å². The number of allylic oxidation sites excluding steroid dienone is 24. The van der Waals surface area contributed by atoms with E-state index in [-0.39, 0.29) is 19.3 Å². The summed E-state index contributed by atoms with van der Waals surface area (Å²) in [4.78, 5) is 58.6. The third-order valence-electron chi connectivity index (χ3n) is 16.0. The molecule has 101 heavy (non-hydrogen) atoms. The predicted octanol–water partition coefficient (Wildman–Crippen LogP) is 22.9. The van der Waals surface area contributed by atoms with Crippen molar-refractivity contribution >= 4 is 33.6 Å². The first-order chi connectivity index (χ1) is 49.2. The van der Waals surface area contributed by atoms with E-state index in [2.05, 4.69) is 167 Å². The van der Waals surface area contributed by atoms with Crippen molar-refractivity contribution in [3.05, 3.63) is 146 Å². The Morgan fingerprint density at radius 1 is 0.287 bits per heavy atom. The van der Waals surface area contributed by atoms with Crippen LogP contribution < -0.4 is 0 Å². The van der Waals surface area contributed by atoms with Gasteiger partial charge in [0.15, 0.2) is 6.10 Å². The normalized spacial score (nSPS) is 14.8. The van der Waals surface area contributed by atoms with Gasteiger partial charge in [-0.3, -0.25) is 32.5 Å². The molecule has 0 aliphatic carbocycles. The van der Waals surface area contributed by atoms with Gasteiger partial charge in [-0.2, -0.15) is 0 Å². The molecule has 0 aliphatic rings. The number of unbranched alkanes of at least 4 members (excludes halogenated alkanes) is 26. The van der Waals surface area contributed by atoms with Crippen LogP contribution in [0.25, 0.3) is 0 Å². The van der Waals surface area contributed by atoms with Crippen LogP contribution in [0.2, 0.25) is 0 Å². The quantitative estimate of drug-likeness (QED) is 0.0146. The average molecular weight is 1460 g/mol. The van der Waals surface area contributed by atoms with Gasteiger partial charge in [-0.1, -0.05) is 282 Å². The first-order valence-corrected chi connectivity index (χ1v) is 42.1. The number of aliphatic hydroxyl groups is 2. The molecular formula is C83H140O16P2. The fourth-order valence-corrected chi connectivity index (χ4v) is 11.6. The summed E-state index contributed by atoms with van der Waals surface area (Å²) in [6, 6.07) is 0. The third kappa shape index (κ3) is 76.4. The molecule has 0 aromatic heterocycles. The van der Waals surface area contributed by atoms with Crippen molar-refractivity contribution in [2.45, 2.75) is 322 Å². The minimum absolute atomic E-state index is 0.0808. The number of phosphoric ester groups is 2. The second-order valence-corrected chi connectivity index (χ2v) is 28.7. The Morgan fingerprint density at radius 2 is 0.525 bits per heavy atom. The van der Waals surface area contributed by atoms with E-state index in [9.17, 15) is 43.5 Å². The minimum Gasteiger partial charge on any atom is -0.463 e. The monoisotopic (exact) mass is 1450 g/mol. The van der Waals surface area contributed by atoms with Gasteiger partial charge in [0.25, 0.3) is 0 Å². The smallest absolute Gasteiger partial charge is 0.463 e. The molecule has 0 fully saturated rings. The van der Waals surface area contributed by atoms with Crippen LogP contribution in [-0.2, 0) is 55.8 Å². The van der Waals surface area contributed by atoms with Crippen LogP contribution in [0.3, 0.4) is 0 Å². The van der Waals surface area contributed by atoms with E-state index in [0.29, 0.717) is 19.3 Å². The van der Waals surface area contributed by atoms with Crippen LogP contribution in [0.15, 0.2) is 146 Å². The van der Waals surface area contributed by atoms with E-state index in [1.165, 1.54) is 77.0 Å². The number of hydrogen-bond donors (Lipinski definition) is 4. The lowest BCUT2D eigenvalue weighted by Gasteiger charge is -2.21. The van der Waals surface area contributed by atoms with Crippen molar-refractivity contribution in [2.24, 2.45) is 0 Å². The van der Waals surface area contributed by atoms with Crippen molar-refractivity contribution in [3.63, 3.8) is 0 Å². The zero-order valence-corrected chi connectivity index (χ0v) is 64.8. The molecule has 0 heterocycles. The number of rotatable bonds is 73. The van der Waals surface area contributed by atoms with Crippen molar-refractivity contribution in [1.82, 2.24) is 0 Å². The average Bonchev–Trinajstić information content (AvgIpc) is 1.14. The topological polar surface area (TPSA) is 231 Å². The molecule has 0 aromatic rings. The molecule has 5 unspecified atom stereocenters. The summed E-state index contributed by atoms with van der Waals surface area (Å²) in [6.45, 7) is 2.47. The van der Waals surface area contributed by atoms with Crippen LogP contribution in [0.5, 0.6) is 0 Å². The lowest BCUT2D eigenvalue weighted by atomic mass is 10.1. The molecular weight excluding hydrogens is 1310 g/mol. The van der Waals surface area contributed by atoms with E-state index in [4.69, 9.17) is 32.3 Å². The summed E-state index contributed by atoms with van der Waals surface area (Å²) in [6.07, 6.45) is 91.7. The Bertz CT molecular complexity index is 2420. The van der Waals surface area contributed by atoms with Gasteiger partial charge in [0.05, 0.1) is 26.4 Å². The molecule has 0 bridgehead atoms. The third-order valence-corrected chi connectivity index (χ3v) is 17.9. The van der Waals surface area contributed by atoms with Gasteiger partial charge in [0, 0.05) is 19.3 Å². The van der Waals surface area contributed by atoms with Crippen LogP contribution in [-0.4, -0.2) is 95.9 Å². The van der Waals surface area contributed by atoms with E-state index >= 15 is 0 Å². The van der Waals surface area contributed by atoms with E-state index in [1.807, 2.05) is 0 Å². The SMILES string of the molecule is CC/C=C\C/C=C\C/C=C\C/C=C\C/C=C\C/C=C\CCCCCCCCCCCCC(=O)OCC(O)COP(=O)(O)OCC(O)COP(=O)(O)OCC(COC(=O)CCCCCCC/C=C\C/C=C\C/C=C\C/C=C\CCCCC)OC(=O)CCCCCCC/C=C\C/C=C\CCCCC. The summed E-state index contributed by atoms with van der Waals surface area (Å²) in [5.74, 6) is -1.62. The molecule has 0 amide bonds. The van der Waals surface area contributed by atoms with Crippen molar-refractivity contribution in [1.29, 1.82) is 0 Å². The van der Waals surface area contributed by atoms with Crippen molar-refractivity contribution < 1.29 is 75.8 Å². The molecule has 0 aliphatic heterocycles. The largest absolute Gasteiger partial charge is 0.472 e. The van der Waals surface area contributed by atoms with Gasteiger partial charge in [0.1, 0.15) is 25.4 Å². The molecule has 578 valence electrons. The highest BCUT2D eigenvalue weighted by Crippen LogP contribution is 2.45. The first-order valence-electron chi connectivity index (χ1n) is 39.1. The fraction of sp³-hybridized carbons (Fsp3) is 0.675. The molecule has 0 aromatic carbocycles. The minimum atomic E-state index is -4.94. The molecule has 0 rings (SSSR count). The molecule has 16 nitrogen and oxygen atoms in total. The number of phosphoric acid groups is 2. The maximum absolute atomic E-state index is 13.0. The summed E-state index contributed by atoms with van der Waals surface area (Å²) in [5, 5.41) is 20.6. The molecule has 0 radical (unpaired) electrons. The second-order valence-electron chi connectivity index (χ2n) is 25.8. The zero-order chi connectivity index (χ0) is 73.7. The summed E-state index contributed by atoms with van der Waals surface area (Å²) >= 11 is 0. The molecule has 0 saturated carbocycles. The lowest BCUT2D eigenvalue weighted by molar-refractivity contribution is -0.161. The van der Waals surface area contributed by atoms with E-state index in [1.54, 1.807) is 0 Å². The van der Waals surface area contributed by atoms with Crippen molar-refractivity contribution in [3.8, 4) is 0 Å². The van der Waals surface area contributed by atoms with Crippen LogP contribution in [0.4, 0.5) is 0 Å². The molecule has 18 heteroatoms. The van der Waals surface area contributed by atoms with Gasteiger partial charge in [0.2, 0.25) is 0 Å². The van der Waals surface area contributed by atoms with Gasteiger partial charge < -0.3 is 34.2 Å². The first kappa shape index (κ1) is 96.4. The summed E-state index contributed by atoms with van der Waals surface area (Å²) in [7, 11) is -9.80. The highest BCUT2D eigenvalue weighted by Gasteiger charge is 2.29. The number of esters is 3. The Kier molecular flexibility index (Phi) is 71.7. The van der Waals surface area contributed by atoms with E-state index < -0.39 is 91.5 Å². The maximum Gasteiger partial charge on any atom is 0.472 e. The molecule has 0 saturated heterocycles. The van der Waals surface area contributed by atoms with Crippen LogP contribution >= 0.6 is 15.6 Å². The number of aliphatic hydroxyl groups excluding tert-OH is 2. The van der Waals surface area contributed by atoms with Crippen molar-refractivity contribution in [2.75, 3.05) is 39.6 Å². The summed E-state index contributed by atoms with van der Waals surface area (Å²) in [5.41, 5.74) is 0. The van der Waals surface area contributed by atoms with Gasteiger partial charge in [-0.25, -0.2) is 9.13 Å². The second kappa shape index (κ2) is 75.1. The Hall–Kier alpha value is -4.57. The fourth-order valence-electron chi connectivity index (χ4n) is 10.1. The van der Waals surface area contributed by atoms with Gasteiger partial charge in [-0.05, 0) is 148 Å².